The summed E-state index contributed by atoms with van der Waals surface area (Å²) in [6.07, 6.45) is 11.7. The summed E-state index contributed by atoms with van der Waals surface area (Å²) < 4.78 is 0. The Labute approximate surface area is 177 Å². The highest BCUT2D eigenvalue weighted by atomic mass is 14.1. The first-order valence-corrected chi connectivity index (χ1v) is 11.3. The zero-order valence-corrected chi connectivity index (χ0v) is 20.9. The van der Waals surface area contributed by atoms with Crippen LogP contribution in [0.2, 0.25) is 0 Å². The molecule has 0 heteroatoms. The molecule has 0 fully saturated rings. The summed E-state index contributed by atoms with van der Waals surface area (Å²) in [6.45, 7) is 23.8. The van der Waals surface area contributed by atoms with E-state index in [0.29, 0.717) is 5.92 Å². The topological polar surface area (TPSA) is 0 Å². The minimum absolute atomic E-state index is 0.670. The van der Waals surface area contributed by atoms with Crippen LogP contribution >= 0.6 is 0 Å². The van der Waals surface area contributed by atoms with Crippen LogP contribution in [0.15, 0.2) is 47.6 Å². The van der Waals surface area contributed by atoms with Gasteiger partial charge < -0.3 is 0 Å². The lowest BCUT2D eigenvalue weighted by Crippen LogP contribution is -1.96. The first kappa shape index (κ1) is 28.6. The van der Waals surface area contributed by atoms with Crippen molar-refractivity contribution < 1.29 is 0 Å². The zero-order chi connectivity index (χ0) is 22.1. The molecule has 1 aromatic carbocycles. The maximum Gasteiger partial charge on any atom is -0.00947 e. The fourth-order valence-electron chi connectivity index (χ4n) is 2.70. The molecule has 1 aromatic rings. The van der Waals surface area contributed by atoms with E-state index in [1.807, 2.05) is 13.8 Å². The van der Waals surface area contributed by atoms with E-state index < -0.39 is 0 Å². The first-order chi connectivity index (χ1) is 13.2. The van der Waals surface area contributed by atoms with E-state index in [2.05, 4.69) is 98.7 Å². The summed E-state index contributed by atoms with van der Waals surface area (Å²) in [6, 6.07) is 6.78. The van der Waals surface area contributed by atoms with Crippen LogP contribution in [-0.4, -0.2) is 0 Å². The molecule has 0 aromatic heterocycles. The van der Waals surface area contributed by atoms with Gasteiger partial charge in [0, 0.05) is 0 Å². The molecule has 0 spiro atoms. The Kier molecular flexibility index (Phi) is 17.9. The Morgan fingerprint density at radius 3 is 2.00 bits per heavy atom. The lowest BCUT2D eigenvalue weighted by molar-refractivity contribution is 0.672. The maximum atomic E-state index is 2.43. The molecule has 0 nitrogen and oxygen atoms in total. The van der Waals surface area contributed by atoms with Gasteiger partial charge in [0.25, 0.3) is 0 Å². The second-order valence-electron chi connectivity index (χ2n) is 7.94. The van der Waals surface area contributed by atoms with E-state index in [9.17, 15) is 0 Å². The highest BCUT2D eigenvalue weighted by Gasteiger charge is 2.08. The lowest BCUT2D eigenvalue weighted by Gasteiger charge is -2.15. The van der Waals surface area contributed by atoms with E-state index in [1.165, 1.54) is 46.3 Å². The first-order valence-electron chi connectivity index (χ1n) is 11.3. The van der Waals surface area contributed by atoms with Crippen LogP contribution in [0.1, 0.15) is 105 Å². The SMILES string of the molecule is C/C=C(\C=C(C)C)C/C=C(/CC(C)C)c1cc(C)ccc1C.CC.CCCC. The largest absolute Gasteiger partial charge is 0.0841 e. The van der Waals surface area contributed by atoms with Crippen molar-refractivity contribution in [2.24, 2.45) is 5.92 Å². The Balaban J connectivity index is 0. The van der Waals surface area contributed by atoms with Crippen molar-refractivity contribution in [3.63, 3.8) is 0 Å². The van der Waals surface area contributed by atoms with Crippen LogP contribution in [-0.2, 0) is 0 Å². The number of allylic oxidation sites excluding steroid dienone is 6. The Bertz CT molecular complexity index is 603. The van der Waals surface area contributed by atoms with Crippen LogP contribution in [0.5, 0.6) is 0 Å². The monoisotopic (exact) mass is 384 g/mol. The molecule has 1 rings (SSSR count). The molecule has 28 heavy (non-hydrogen) atoms. The fourth-order valence-corrected chi connectivity index (χ4v) is 2.70. The molecule has 0 aliphatic carbocycles. The van der Waals surface area contributed by atoms with Gasteiger partial charge >= 0.3 is 0 Å². The molecule has 0 unspecified atom stereocenters. The van der Waals surface area contributed by atoms with Crippen molar-refractivity contribution in [1.29, 1.82) is 0 Å². The van der Waals surface area contributed by atoms with Crippen molar-refractivity contribution in [3.05, 3.63) is 64.3 Å². The van der Waals surface area contributed by atoms with Crippen molar-refractivity contribution >= 4 is 5.57 Å². The highest BCUT2D eigenvalue weighted by Crippen LogP contribution is 2.28. The third-order valence-corrected chi connectivity index (χ3v) is 4.30. The van der Waals surface area contributed by atoms with Gasteiger partial charge in [-0.3, -0.25) is 0 Å². The van der Waals surface area contributed by atoms with E-state index in [1.54, 1.807) is 0 Å². The van der Waals surface area contributed by atoms with E-state index in [-0.39, 0.29) is 0 Å². The van der Waals surface area contributed by atoms with Crippen molar-refractivity contribution in [2.45, 2.75) is 102 Å². The van der Waals surface area contributed by atoms with E-state index >= 15 is 0 Å². The van der Waals surface area contributed by atoms with Gasteiger partial charge in [-0.25, -0.2) is 0 Å². The molecular formula is C28H48. The van der Waals surface area contributed by atoms with E-state index in [0.717, 1.165) is 12.8 Å². The molecule has 0 N–H and O–H groups in total. The number of unbranched alkanes of at least 4 members (excludes halogenated alkanes) is 1. The summed E-state index contributed by atoms with van der Waals surface area (Å²) >= 11 is 0. The summed E-state index contributed by atoms with van der Waals surface area (Å²) in [5, 5.41) is 0. The minimum atomic E-state index is 0.670. The number of benzene rings is 1. The van der Waals surface area contributed by atoms with Crippen molar-refractivity contribution in [3.8, 4) is 0 Å². The van der Waals surface area contributed by atoms with Gasteiger partial charge in [0.2, 0.25) is 0 Å². The minimum Gasteiger partial charge on any atom is -0.0841 e. The van der Waals surface area contributed by atoms with Gasteiger partial charge in [0.05, 0.1) is 0 Å². The molecule has 0 atom stereocenters. The van der Waals surface area contributed by atoms with Gasteiger partial charge in [-0.2, -0.15) is 0 Å². The highest BCUT2D eigenvalue weighted by molar-refractivity contribution is 5.69. The van der Waals surface area contributed by atoms with Gasteiger partial charge in [-0.1, -0.05) is 102 Å². The van der Waals surface area contributed by atoms with Crippen molar-refractivity contribution in [1.82, 2.24) is 0 Å². The fraction of sp³-hybridized carbons (Fsp3) is 0.571. The second kappa shape index (κ2) is 17.5. The Morgan fingerprint density at radius 1 is 1.00 bits per heavy atom. The molecular weight excluding hydrogens is 336 g/mol. The molecule has 0 bridgehead atoms. The van der Waals surface area contributed by atoms with Gasteiger partial charge in [0.15, 0.2) is 0 Å². The standard InChI is InChI=1S/C22H32.C4H10.C2H6/c1-8-20(13-16(2)3)11-12-21(14-17(4)5)22-15-18(6)9-10-19(22)7;1-3-4-2;1-2/h8-10,12-13,15,17H,11,14H2,1-7H3;3-4H2,1-2H3;1-2H3/b20-8-,21-12-;;. The normalized spacial score (nSPS) is 11.3. The molecule has 160 valence electrons. The lowest BCUT2D eigenvalue weighted by atomic mass is 9.91. The van der Waals surface area contributed by atoms with Crippen LogP contribution in [0.3, 0.4) is 0 Å². The predicted octanol–water partition coefficient (Wildman–Crippen LogP) is 9.87. The van der Waals surface area contributed by atoms with Gasteiger partial charge in [-0.05, 0) is 75.7 Å². The summed E-state index contributed by atoms with van der Waals surface area (Å²) in [5.74, 6) is 0.670. The average molecular weight is 385 g/mol. The van der Waals surface area contributed by atoms with Crippen LogP contribution in [0.4, 0.5) is 0 Å². The third-order valence-electron chi connectivity index (χ3n) is 4.30. The molecule has 0 radical (unpaired) electrons. The molecule has 0 aliphatic rings. The summed E-state index contributed by atoms with van der Waals surface area (Å²) in [4.78, 5) is 0. The van der Waals surface area contributed by atoms with Gasteiger partial charge in [-0.15, -0.1) is 0 Å². The molecule has 0 saturated carbocycles. The third kappa shape index (κ3) is 13.6. The summed E-state index contributed by atoms with van der Waals surface area (Å²) in [7, 11) is 0. The molecule has 0 aliphatic heterocycles. The molecule has 0 heterocycles. The summed E-state index contributed by atoms with van der Waals surface area (Å²) in [5.41, 5.74) is 8.37. The van der Waals surface area contributed by atoms with Crippen LogP contribution in [0, 0.1) is 19.8 Å². The predicted molar refractivity (Wildman–Crippen MR) is 133 cm³/mol. The average Bonchev–Trinajstić information content (AvgIpc) is 2.67. The number of hydrogen-bond acceptors (Lipinski definition) is 0. The Hall–Kier alpha value is -1.56. The van der Waals surface area contributed by atoms with Crippen LogP contribution < -0.4 is 0 Å². The number of aryl methyl sites for hydroxylation is 2. The molecule has 0 amide bonds. The maximum absolute atomic E-state index is 2.43. The number of hydrogen-bond donors (Lipinski definition) is 0. The van der Waals surface area contributed by atoms with Crippen molar-refractivity contribution in [2.75, 3.05) is 0 Å². The Morgan fingerprint density at radius 2 is 1.57 bits per heavy atom. The van der Waals surface area contributed by atoms with E-state index in [4.69, 9.17) is 0 Å². The second-order valence-corrected chi connectivity index (χ2v) is 7.94. The quantitative estimate of drug-likeness (QED) is 0.410. The van der Waals surface area contributed by atoms with Gasteiger partial charge in [0.1, 0.15) is 0 Å². The zero-order valence-electron chi connectivity index (χ0n) is 20.9. The number of rotatable bonds is 7. The smallest absolute Gasteiger partial charge is 0.00947 e. The molecule has 0 saturated heterocycles. The van der Waals surface area contributed by atoms with Crippen LogP contribution in [0.25, 0.3) is 5.57 Å².